The molecule has 1 amide bonds. The van der Waals surface area contributed by atoms with E-state index in [2.05, 4.69) is 15.9 Å². The van der Waals surface area contributed by atoms with Crippen molar-refractivity contribution in [1.82, 2.24) is 4.31 Å². The largest absolute Gasteiger partial charge is 0.497 e. The predicted molar refractivity (Wildman–Crippen MR) is 116 cm³/mol. The maximum absolute atomic E-state index is 13.0. The number of halogens is 1. The zero-order valence-electron chi connectivity index (χ0n) is 16.6. The van der Waals surface area contributed by atoms with Gasteiger partial charge in [0.05, 0.1) is 18.6 Å². The second-order valence-electron chi connectivity index (χ2n) is 7.34. The van der Waals surface area contributed by atoms with Crippen molar-refractivity contribution in [3.8, 4) is 5.75 Å². The number of hydrogen-bond donors (Lipinski definition) is 0. The van der Waals surface area contributed by atoms with E-state index in [1.807, 2.05) is 18.2 Å². The first kappa shape index (κ1) is 21.3. The molecule has 1 fully saturated rings. The van der Waals surface area contributed by atoms with E-state index in [1.54, 1.807) is 36.3 Å². The first-order valence-corrected chi connectivity index (χ1v) is 12.0. The van der Waals surface area contributed by atoms with E-state index in [-0.39, 0.29) is 23.5 Å². The molecule has 1 saturated heterocycles. The van der Waals surface area contributed by atoms with Crippen LogP contribution in [0.1, 0.15) is 18.4 Å². The van der Waals surface area contributed by atoms with Gasteiger partial charge in [-0.1, -0.05) is 15.9 Å². The smallest absolute Gasteiger partial charge is 0.253 e. The van der Waals surface area contributed by atoms with Gasteiger partial charge in [0.1, 0.15) is 12.4 Å². The van der Waals surface area contributed by atoms with Crippen molar-refractivity contribution in [2.75, 3.05) is 31.7 Å². The SMILES string of the molecule is COc1ccc(S(=O)(=O)N2CCC(N3C(=O)COCc4cc(Br)ccc43)CC2)cc1. The number of carbonyl (C=O) groups excluding carboxylic acids is 1. The van der Waals surface area contributed by atoms with Crippen LogP contribution in [0.15, 0.2) is 51.8 Å². The Bertz CT molecular complexity index is 1030. The number of nitrogens with zero attached hydrogens (tertiary/aromatic N) is 2. The van der Waals surface area contributed by atoms with Gasteiger partial charge in [0.15, 0.2) is 0 Å². The molecule has 0 atom stereocenters. The molecule has 2 aromatic rings. The Balaban J connectivity index is 1.52. The van der Waals surface area contributed by atoms with Gasteiger partial charge in [0.2, 0.25) is 10.0 Å². The van der Waals surface area contributed by atoms with E-state index < -0.39 is 10.0 Å². The van der Waals surface area contributed by atoms with Crippen molar-refractivity contribution in [3.63, 3.8) is 0 Å². The molecule has 0 aromatic heterocycles. The van der Waals surface area contributed by atoms with E-state index in [4.69, 9.17) is 9.47 Å². The third-order valence-corrected chi connectivity index (χ3v) is 7.94. The molecule has 2 aliphatic rings. The minimum Gasteiger partial charge on any atom is -0.497 e. The molecule has 160 valence electrons. The van der Waals surface area contributed by atoms with Gasteiger partial charge in [0, 0.05) is 34.9 Å². The van der Waals surface area contributed by atoms with Crippen molar-refractivity contribution in [3.05, 3.63) is 52.5 Å². The summed E-state index contributed by atoms with van der Waals surface area (Å²) in [5.41, 5.74) is 1.79. The highest BCUT2D eigenvalue weighted by atomic mass is 79.9. The fraction of sp³-hybridized carbons (Fsp3) is 0.381. The summed E-state index contributed by atoms with van der Waals surface area (Å²) in [7, 11) is -2.04. The molecular formula is C21H23BrN2O5S. The van der Waals surface area contributed by atoms with E-state index in [1.165, 1.54) is 4.31 Å². The number of amides is 1. The second-order valence-corrected chi connectivity index (χ2v) is 10.2. The number of hydrogen-bond acceptors (Lipinski definition) is 5. The molecule has 0 unspecified atom stereocenters. The first-order valence-electron chi connectivity index (χ1n) is 9.72. The first-order chi connectivity index (χ1) is 14.4. The number of anilines is 1. The fourth-order valence-corrected chi connectivity index (χ4v) is 5.87. The van der Waals surface area contributed by atoms with E-state index in [9.17, 15) is 13.2 Å². The molecular weight excluding hydrogens is 472 g/mol. The monoisotopic (exact) mass is 494 g/mol. The highest BCUT2D eigenvalue weighted by Crippen LogP contribution is 2.33. The zero-order chi connectivity index (χ0) is 21.3. The van der Waals surface area contributed by atoms with Crippen LogP contribution in [0.4, 0.5) is 5.69 Å². The van der Waals surface area contributed by atoms with Gasteiger partial charge in [-0.3, -0.25) is 4.79 Å². The maximum atomic E-state index is 13.0. The van der Waals surface area contributed by atoms with Gasteiger partial charge < -0.3 is 14.4 Å². The Morgan fingerprint density at radius 3 is 2.43 bits per heavy atom. The molecule has 0 bridgehead atoms. The predicted octanol–water partition coefficient (Wildman–Crippen LogP) is 3.17. The lowest BCUT2D eigenvalue weighted by molar-refractivity contribution is -0.123. The number of ether oxygens (including phenoxy) is 2. The molecule has 0 radical (unpaired) electrons. The number of carbonyl (C=O) groups is 1. The lowest BCUT2D eigenvalue weighted by atomic mass is 10.0. The van der Waals surface area contributed by atoms with E-state index in [0.717, 1.165) is 15.7 Å². The molecule has 7 nitrogen and oxygen atoms in total. The summed E-state index contributed by atoms with van der Waals surface area (Å²) in [5.74, 6) is 0.521. The van der Waals surface area contributed by atoms with Crippen molar-refractivity contribution in [2.24, 2.45) is 0 Å². The van der Waals surface area contributed by atoms with Crippen molar-refractivity contribution < 1.29 is 22.7 Å². The molecule has 2 aromatic carbocycles. The van der Waals surface area contributed by atoms with Crippen LogP contribution in [0.25, 0.3) is 0 Å². The van der Waals surface area contributed by atoms with Crippen LogP contribution < -0.4 is 9.64 Å². The van der Waals surface area contributed by atoms with Crippen LogP contribution in [-0.4, -0.2) is 51.5 Å². The van der Waals surface area contributed by atoms with Crippen LogP contribution in [0.3, 0.4) is 0 Å². The second kappa shape index (κ2) is 8.66. The summed E-state index contributed by atoms with van der Waals surface area (Å²) >= 11 is 3.47. The summed E-state index contributed by atoms with van der Waals surface area (Å²) in [5, 5.41) is 0. The molecule has 9 heteroatoms. The molecule has 0 N–H and O–H groups in total. The molecule has 4 rings (SSSR count). The minimum absolute atomic E-state index is 0.0245. The van der Waals surface area contributed by atoms with Crippen LogP contribution in [0, 0.1) is 0 Å². The molecule has 0 aliphatic carbocycles. The van der Waals surface area contributed by atoms with Crippen LogP contribution >= 0.6 is 15.9 Å². The Kier molecular flexibility index (Phi) is 6.15. The number of benzene rings is 2. The highest BCUT2D eigenvalue weighted by molar-refractivity contribution is 9.10. The molecule has 30 heavy (non-hydrogen) atoms. The van der Waals surface area contributed by atoms with Gasteiger partial charge in [-0.15, -0.1) is 0 Å². The van der Waals surface area contributed by atoms with Crippen LogP contribution in [0.5, 0.6) is 5.75 Å². The van der Waals surface area contributed by atoms with E-state index >= 15 is 0 Å². The number of sulfonamides is 1. The third kappa shape index (κ3) is 4.12. The lowest BCUT2D eigenvalue weighted by Gasteiger charge is -2.38. The third-order valence-electron chi connectivity index (χ3n) is 5.54. The normalized spacial score (nSPS) is 18.7. The lowest BCUT2D eigenvalue weighted by Crippen LogP contribution is -2.49. The van der Waals surface area contributed by atoms with Crippen molar-refractivity contribution in [2.45, 2.75) is 30.4 Å². The zero-order valence-corrected chi connectivity index (χ0v) is 19.0. The summed E-state index contributed by atoms with van der Waals surface area (Å²) in [6.07, 6.45) is 1.13. The number of piperidine rings is 1. The summed E-state index contributed by atoms with van der Waals surface area (Å²) < 4.78 is 39.1. The number of rotatable bonds is 4. The highest BCUT2D eigenvalue weighted by Gasteiger charge is 2.35. The average molecular weight is 495 g/mol. The average Bonchev–Trinajstić information content (AvgIpc) is 2.91. The van der Waals surface area contributed by atoms with Gasteiger partial charge >= 0.3 is 0 Å². The Morgan fingerprint density at radius 1 is 1.07 bits per heavy atom. The van der Waals surface area contributed by atoms with Crippen LogP contribution in [0.2, 0.25) is 0 Å². The Labute approximate surface area is 184 Å². The summed E-state index contributed by atoms with van der Waals surface area (Å²) in [6.45, 7) is 1.11. The van der Waals surface area contributed by atoms with Gasteiger partial charge in [-0.2, -0.15) is 4.31 Å². The summed E-state index contributed by atoms with van der Waals surface area (Å²) in [6, 6.07) is 12.1. The van der Waals surface area contributed by atoms with Gasteiger partial charge in [-0.05, 0) is 55.3 Å². The van der Waals surface area contributed by atoms with Gasteiger partial charge in [0.25, 0.3) is 5.91 Å². The quantitative estimate of drug-likeness (QED) is 0.652. The van der Waals surface area contributed by atoms with E-state index in [0.29, 0.717) is 38.3 Å². The van der Waals surface area contributed by atoms with Crippen LogP contribution in [-0.2, 0) is 26.2 Å². The molecule has 0 saturated carbocycles. The maximum Gasteiger partial charge on any atom is 0.253 e. The van der Waals surface area contributed by atoms with Crippen molar-refractivity contribution in [1.29, 1.82) is 0 Å². The molecule has 0 spiro atoms. The standard InChI is InChI=1S/C21H23BrN2O5S/c1-28-18-3-5-19(6-4-18)30(26,27)23-10-8-17(9-11-23)24-20-7-2-16(22)12-15(20)13-29-14-21(24)25/h2-7,12,17H,8-11,13-14H2,1H3. The minimum atomic E-state index is -3.58. The van der Waals surface area contributed by atoms with Crippen molar-refractivity contribution >= 4 is 37.5 Å². The molecule has 2 aliphatic heterocycles. The fourth-order valence-electron chi connectivity index (χ4n) is 3.99. The number of fused-ring (bicyclic) bond motifs is 1. The number of methoxy groups -OCH3 is 1. The Hall–Kier alpha value is -1.94. The molecule has 2 heterocycles. The summed E-state index contributed by atoms with van der Waals surface area (Å²) in [4.78, 5) is 14.8. The topological polar surface area (TPSA) is 76.2 Å². The van der Waals surface area contributed by atoms with Gasteiger partial charge in [-0.25, -0.2) is 8.42 Å². The Morgan fingerprint density at radius 2 is 1.77 bits per heavy atom.